The predicted molar refractivity (Wildman–Crippen MR) is 134 cm³/mol. The number of rotatable bonds is 7. The van der Waals surface area contributed by atoms with Crippen LogP contribution in [-0.2, 0) is 14.8 Å². The molecular weight excluding hydrogens is 547 g/mol. The quantitative estimate of drug-likeness (QED) is 0.258. The molecule has 0 bridgehead atoms. The van der Waals surface area contributed by atoms with Gasteiger partial charge in [-0.2, -0.15) is 23.3 Å². The number of hydrogen-bond acceptors (Lipinski definition) is 8. The van der Waals surface area contributed by atoms with E-state index in [2.05, 4.69) is 5.10 Å². The van der Waals surface area contributed by atoms with Gasteiger partial charge in [0.25, 0.3) is 5.91 Å². The first kappa shape index (κ1) is 27.0. The molecule has 1 aliphatic heterocycles. The number of hydrazone groups is 1. The standard InChI is InChI=1S/C24H18F3N3O6S2/c1-2-35-19-13-14(5-10-18(19)36-23(32)20-4-3-11-37-20)12-17-21(24(25,26)27)29-30(22(17)31)15-6-8-16(9-7-15)38(28,33)34/h3-13H,2H2,1H3,(H2,28,33,34)/b17-12-. The number of ether oxygens (including phenoxy) is 2. The minimum atomic E-state index is -4.98. The van der Waals surface area contributed by atoms with E-state index in [0.717, 1.165) is 30.3 Å². The first-order valence-corrected chi connectivity index (χ1v) is 13.2. The smallest absolute Gasteiger partial charge is 0.435 e. The molecule has 0 saturated heterocycles. The number of benzene rings is 2. The number of carbonyl (C=O) groups is 2. The highest BCUT2D eigenvalue weighted by Crippen LogP contribution is 2.35. The summed E-state index contributed by atoms with van der Waals surface area (Å²) in [5.74, 6) is -1.59. The van der Waals surface area contributed by atoms with Gasteiger partial charge >= 0.3 is 12.1 Å². The van der Waals surface area contributed by atoms with E-state index in [1.165, 1.54) is 29.5 Å². The number of halogens is 3. The Bertz CT molecular complexity index is 1550. The molecule has 2 aromatic carbocycles. The highest BCUT2D eigenvalue weighted by atomic mass is 32.2. The topological polar surface area (TPSA) is 128 Å². The van der Waals surface area contributed by atoms with Crippen molar-refractivity contribution in [1.29, 1.82) is 0 Å². The van der Waals surface area contributed by atoms with Crippen LogP contribution in [0, 0.1) is 0 Å². The predicted octanol–water partition coefficient (Wildman–Crippen LogP) is 4.36. The van der Waals surface area contributed by atoms with Gasteiger partial charge in [0.05, 0.1) is 22.8 Å². The lowest BCUT2D eigenvalue weighted by atomic mass is 10.1. The molecule has 0 unspecified atom stereocenters. The summed E-state index contributed by atoms with van der Waals surface area (Å²) in [5.41, 5.74) is -2.14. The third kappa shape index (κ3) is 5.77. The Balaban J connectivity index is 1.69. The number of primary sulfonamides is 1. The molecule has 2 N–H and O–H groups in total. The number of carbonyl (C=O) groups excluding carboxylic acids is 2. The van der Waals surface area contributed by atoms with Crippen LogP contribution < -0.4 is 19.6 Å². The molecule has 1 aliphatic rings. The molecule has 0 saturated carbocycles. The number of thiophene rings is 1. The molecule has 3 aromatic rings. The summed E-state index contributed by atoms with van der Waals surface area (Å²) >= 11 is 1.17. The first-order chi connectivity index (χ1) is 17.9. The molecular formula is C24H18F3N3O6S2. The van der Waals surface area contributed by atoms with E-state index >= 15 is 0 Å². The van der Waals surface area contributed by atoms with Crippen molar-refractivity contribution in [2.24, 2.45) is 10.2 Å². The lowest BCUT2D eigenvalue weighted by Crippen LogP contribution is -2.25. The fraction of sp³-hybridized carbons (Fsp3) is 0.125. The van der Waals surface area contributed by atoms with E-state index in [0.29, 0.717) is 9.89 Å². The van der Waals surface area contributed by atoms with Crippen LogP contribution in [0.3, 0.4) is 0 Å². The highest BCUT2D eigenvalue weighted by molar-refractivity contribution is 7.89. The van der Waals surface area contributed by atoms with Gasteiger partial charge in [-0.15, -0.1) is 11.3 Å². The fourth-order valence-electron chi connectivity index (χ4n) is 3.38. The Hall–Kier alpha value is -4.01. The summed E-state index contributed by atoms with van der Waals surface area (Å²) in [6.07, 6.45) is -3.99. The second-order valence-corrected chi connectivity index (χ2v) is 10.2. The van der Waals surface area contributed by atoms with Gasteiger partial charge in [-0.25, -0.2) is 18.4 Å². The van der Waals surface area contributed by atoms with Crippen LogP contribution >= 0.6 is 11.3 Å². The maximum absolute atomic E-state index is 13.8. The van der Waals surface area contributed by atoms with Gasteiger partial charge in [0.2, 0.25) is 10.0 Å². The van der Waals surface area contributed by atoms with E-state index in [1.807, 2.05) is 0 Å². The molecule has 9 nitrogen and oxygen atoms in total. The average molecular weight is 566 g/mol. The molecule has 1 aromatic heterocycles. The van der Waals surface area contributed by atoms with E-state index in [1.54, 1.807) is 24.4 Å². The monoisotopic (exact) mass is 565 g/mol. The minimum Gasteiger partial charge on any atom is -0.490 e. The Morgan fingerprint density at radius 2 is 1.84 bits per heavy atom. The van der Waals surface area contributed by atoms with Crippen LogP contribution in [-0.4, -0.2) is 38.8 Å². The van der Waals surface area contributed by atoms with E-state index in [-0.39, 0.29) is 34.3 Å². The molecule has 1 amide bonds. The number of anilines is 1. The minimum absolute atomic E-state index is 0.0476. The van der Waals surface area contributed by atoms with Gasteiger partial charge in [-0.1, -0.05) is 12.1 Å². The Morgan fingerprint density at radius 3 is 2.42 bits per heavy atom. The SMILES string of the molecule is CCOc1cc(/C=C2\C(=O)N(c3ccc(S(N)(=O)=O)cc3)N=C2C(F)(F)F)ccc1OC(=O)c1cccs1. The van der Waals surface area contributed by atoms with Crippen molar-refractivity contribution in [1.82, 2.24) is 0 Å². The second-order valence-electron chi connectivity index (χ2n) is 7.67. The van der Waals surface area contributed by atoms with Crippen LogP contribution in [0.15, 0.2) is 75.5 Å². The van der Waals surface area contributed by atoms with Crippen molar-refractivity contribution in [3.8, 4) is 11.5 Å². The van der Waals surface area contributed by atoms with Crippen molar-refractivity contribution < 1.29 is 40.7 Å². The van der Waals surface area contributed by atoms with Crippen LogP contribution in [0.1, 0.15) is 22.2 Å². The Morgan fingerprint density at radius 1 is 1.13 bits per heavy atom. The Labute approximate surface area is 218 Å². The maximum Gasteiger partial charge on any atom is 0.435 e. The Kier molecular flexibility index (Phi) is 7.40. The van der Waals surface area contributed by atoms with Crippen molar-refractivity contribution >= 4 is 50.7 Å². The van der Waals surface area contributed by atoms with Gasteiger partial charge in [0.15, 0.2) is 17.2 Å². The number of sulfonamides is 1. The average Bonchev–Trinajstić information content (AvgIpc) is 3.49. The molecule has 38 heavy (non-hydrogen) atoms. The molecule has 0 spiro atoms. The molecule has 0 atom stereocenters. The zero-order valence-electron chi connectivity index (χ0n) is 19.4. The molecule has 4 rings (SSSR count). The van der Waals surface area contributed by atoms with Crippen molar-refractivity contribution in [2.45, 2.75) is 18.0 Å². The molecule has 14 heteroatoms. The van der Waals surface area contributed by atoms with Crippen molar-refractivity contribution in [2.75, 3.05) is 11.6 Å². The number of hydrogen-bond donors (Lipinski definition) is 1. The lowest BCUT2D eigenvalue weighted by Gasteiger charge is -2.12. The highest BCUT2D eigenvalue weighted by Gasteiger charge is 2.46. The van der Waals surface area contributed by atoms with Gasteiger partial charge in [-0.05, 0) is 66.4 Å². The van der Waals surface area contributed by atoms with Crippen LogP contribution in [0.2, 0.25) is 0 Å². The molecule has 0 aliphatic carbocycles. The van der Waals surface area contributed by atoms with Crippen LogP contribution in [0.4, 0.5) is 18.9 Å². The summed E-state index contributed by atoms with van der Waals surface area (Å²) in [6, 6.07) is 11.6. The van der Waals surface area contributed by atoms with Crippen molar-refractivity contribution in [3.63, 3.8) is 0 Å². The maximum atomic E-state index is 13.8. The third-order valence-electron chi connectivity index (χ3n) is 5.06. The van der Waals surface area contributed by atoms with E-state index < -0.39 is 39.4 Å². The number of amides is 1. The number of nitrogens with zero attached hydrogens (tertiary/aromatic N) is 2. The van der Waals surface area contributed by atoms with E-state index in [4.69, 9.17) is 14.6 Å². The third-order valence-corrected chi connectivity index (χ3v) is 6.84. The summed E-state index contributed by atoms with van der Waals surface area (Å²) < 4.78 is 75.2. The summed E-state index contributed by atoms with van der Waals surface area (Å²) in [6.45, 7) is 1.84. The van der Waals surface area contributed by atoms with Crippen molar-refractivity contribution in [3.05, 3.63) is 76.0 Å². The lowest BCUT2D eigenvalue weighted by molar-refractivity contribution is -0.114. The zero-order chi connectivity index (χ0) is 27.7. The zero-order valence-corrected chi connectivity index (χ0v) is 21.1. The summed E-state index contributed by atoms with van der Waals surface area (Å²) in [5, 5.41) is 10.7. The fourth-order valence-corrected chi connectivity index (χ4v) is 4.50. The second kappa shape index (κ2) is 10.4. The summed E-state index contributed by atoms with van der Waals surface area (Å²) in [4.78, 5) is 25.4. The van der Waals surface area contributed by atoms with E-state index in [9.17, 15) is 31.2 Å². The largest absolute Gasteiger partial charge is 0.490 e. The summed E-state index contributed by atoms with van der Waals surface area (Å²) in [7, 11) is -4.05. The number of alkyl halides is 3. The first-order valence-electron chi connectivity index (χ1n) is 10.8. The van der Waals surface area contributed by atoms with Gasteiger partial charge in [0.1, 0.15) is 4.88 Å². The molecule has 0 fully saturated rings. The van der Waals surface area contributed by atoms with Crippen LogP contribution in [0.25, 0.3) is 6.08 Å². The van der Waals surface area contributed by atoms with Gasteiger partial charge in [0, 0.05) is 0 Å². The number of nitrogens with two attached hydrogens (primary N) is 1. The number of esters is 1. The van der Waals surface area contributed by atoms with Gasteiger partial charge in [-0.3, -0.25) is 4.79 Å². The molecule has 198 valence electrons. The molecule has 2 heterocycles. The normalized spacial score (nSPS) is 15.1. The van der Waals surface area contributed by atoms with Gasteiger partial charge < -0.3 is 9.47 Å². The molecule has 0 radical (unpaired) electrons. The van der Waals surface area contributed by atoms with Crippen LogP contribution in [0.5, 0.6) is 11.5 Å².